The van der Waals surface area contributed by atoms with Gasteiger partial charge in [-0.15, -0.1) is 0 Å². The molecule has 2 rings (SSSR count). The number of aromatic nitrogens is 1. The minimum absolute atomic E-state index is 0.0466. The Morgan fingerprint density at radius 2 is 2.13 bits per heavy atom. The van der Waals surface area contributed by atoms with Crippen LogP contribution in [0.2, 0.25) is 0 Å². The molecule has 9 heteroatoms. The topological polar surface area (TPSA) is 79.7 Å². The number of alkyl halides is 3. The second kappa shape index (κ2) is 6.84. The smallest absolute Gasteiger partial charge is 0.422 e. The van der Waals surface area contributed by atoms with Gasteiger partial charge in [-0.05, 0) is 25.3 Å². The highest BCUT2D eigenvalue weighted by Gasteiger charge is 2.33. The number of hydrogen-bond acceptors (Lipinski definition) is 4. The third-order valence-corrected chi connectivity index (χ3v) is 3.41. The number of amides is 1. The summed E-state index contributed by atoms with van der Waals surface area (Å²) in [6, 6.07) is 1.47. The van der Waals surface area contributed by atoms with E-state index in [1.807, 2.05) is 0 Å². The molecule has 1 amide bonds. The van der Waals surface area contributed by atoms with Crippen molar-refractivity contribution in [1.29, 1.82) is 0 Å². The molecule has 0 radical (unpaired) electrons. The normalized spacial score (nSPS) is 18.6. The van der Waals surface area contributed by atoms with Crippen LogP contribution in [-0.4, -0.2) is 52.2 Å². The zero-order chi connectivity index (χ0) is 17.0. The Morgan fingerprint density at radius 1 is 1.39 bits per heavy atom. The molecule has 0 spiro atoms. The van der Waals surface area contributed by atoms with Gasteiger partial charge >= 0.3 is 12.1 Å². The van der Waals surface area contributed by atoms with Crippen LogP contribution in [0, 0.1) is 0 Å². The van der Waals surface area contributed by atoms with E-state index in [0.29, 0.717) is 19.3 Å². The van der Waals surface area contributed by atoms with Crippen LogP contribution in [0.25, 0.3) is 0 Å². The molecule has 2 heterocycles. The Labute approximate surface area is 129 Å². The fourth-order valence-corrected chi connectivity index (χ4v) is 2.37. The first kappa shape index (κ1) is 17.0. The van der Waals surface area contributed by atoms with Gasteiger partial charge < -0.3 is 14.7 Å². The van der Waals surface area contributed by atoms with Crippen molar-refractivity contribution in [2.24, 2.45) is 0 Å². The van der Waals surface area contributed by atoms with Gasteiger partial charge in [0.2, 0.25) is 5.88 Å². The number of carboxylic acid groups (broad SMARTS) is 1. The average molecular weight is 332 g/mol. The lowest BCUT2D eigenvalue weighted by atomic mass is 10.0. The largest absolute Gasteiger partial charge is 0.480 e. The Hall–Kier alpha value is -2.32. The summed E-state index contributed by atoms with van der Waals surface area (Å²) in [7, 11) is 0. The van der Waals surface area contributed by atoms with Crippen molar-refractivity contribution in [3.8, 4) is 5.88 Å². The molecule has 0 aromatic carbocycles. The molecular weight excluding hydrogens is 317 g/mol. The summed E-state index contributed by atoms with van der Waals surface area (Å²) in [5.41, 5.74) is 0.0466. The zero-order valence-electron chi connectivity index (χ0n) is 12.0. The van der Waals surface area contributed by atoms with Crippen LogP contribution in [0.5, 0.6) is 5.88 Å². The number of nitrogens with zero attached hydrogens (tertiary/aromatic N) is 2. The van der Waals surface area contributed by atoms with Crippen molar-refractivity contribution in [3.63, 3.8) is 0 Å². The third kappa shape index (κ3) is 4.57. The summed E-state index contributed by atoms with van der Waals surface area (Å²) < 4.78 is 40.9. The van der Waals surface area contributed by atoms with Crippen molar-refractivity contribution in [2.45, 2.75) is 31.5 Å². The lowest BCUT2D eigenvalue weighted by Crippen LogP contribution is -2.48. The highest BCUT2D eigenvalue weighted by molar-refractivity contribution is 5.96. The average Bonchev–Trinajstić information content (AvgIpc) is 2.52. The molecule has 1 aromatic heterocycles. The van der Waals surface area contributed by atoms with Crippen LogP contribution in [0.4, 0.5) is 13.2 Å². The van der Waals surface area contributed by atoms with E-state index in [9.17, 15) is 27.9 Å². The van der Waals surface area contributed by atoms with Crippen LogP contribution < -0.4 is 4.74 Å². The summed E-state index contributed by atoms with van der Waals surface area (Å²) in [6.07, 6.45) is -1.62. The molecule has 1 aliphatic rings. The Bertz CT molecular complexity index is 592. The number of pyridine rings is 1. The highest BCUT2D eigenvalue weighted by atomic mass is 19.4. The van der Waals surface area contributed by atoms with E-state index in [-0.39, 0.29) is 18.0 Å². The molecule has 23 heavy (non-hydrogen) atoms. The minimum atomic E-state index is -4.51. The number of ether oxygens (including phenoxy) is 1. The van der Waals surface area contributed by atoms with Gasteiger partial charge in [-0.1, -0.05) is 0 Å². The van der Waals surface area contributed by atoms with Crippen LogP contribution >= 0.6 is 0 Å². The fourth-order valence-electron chi connectivity index (χ4n) is 2.37. The number of carbonyl (C=O) groups excluding carboxylic acids is 1. The predicted octanol–water partition coefficient (Wildman–Crippen LogP) is 2.10. The number of hydrogen-bond donors (Lipinski definition) is 1. The van der Waals surface area contributed by atoms with E-state index >= 15 is 0 Å². The van der Waals surface area contributed by atoms with E-state index in [1.165, 1.54) is 11.0 Å². The van der Waals surface area contributed by atoms with Gasteiger partial charge in [0.25, 0.3) is 5.91 Å². The van der Waals surface area contributed by atoms with E-state index in [2.05, 4.69) is 9.72 Å². The van der Waals surface area contributed by atoms with Crippen molar-refractivity contribution < 1.29 is 32.6 Å². The van der Waals surface area contributed by atoms with Crippen LogP contribution in [0.15, 0.2) is 18.3 Å². The number of rotatable bonds is 4. The van der Waals surface area contributed by atoms with Gasteiger partial charge in [0.1, 0.15) is 6.04 Å². The second-order valence-electron chi connectivity index (χ2n) is 5.13. The number of likely N-dealkylation sites (tertiary alicyclic amines) is 1. The van der Waals surface area contributed by atoms with E-state index < -0.39 is 30.7 Å². The Balaban J connectivity index is 2.14. The molecule has 126 valence electrons. The molecule has 1 aromatic rings. The van der Waals surface area contributed by atoms with Crippen molar-refractivity contribution in [2.75, 3.05) is 13.2 Å². The van der Waals surface area contributed by atoms with Gasteiger partial charge in [0, 0.05) is 24.4 Å². The lowest BCUT2D eigenvalue weighted by Gasteiger charge is -2.33. The summed E-state index contributed by atoms with van der Waals surface area (Å²) in [6.45, 7) is -1.23. The van der Waals surface area contributed by atoms with Crippen LogP contribution in [0.3, 0.4) is 0 Å². The number of carbonyl (C=O) groups is 2. The second-order valence-corrected chi connectivity index (χ2v) is 5.13. The highest BCUT2D eigenvalue weighted by Crippen LogP contribution is 2.22. The Morgan fingerprint density at radius 3 is 2.78 bits per heavy atom. The first-order chi connectivity index (χ1) is 10.8. The third-order valence-electron chi connectivity index (χ3n) is 3.41. The molecule has 1 saturated heterocycles. The summed E-state index contributed by atoms with van der Waals surface area (Å²) in [4.78, 5) is 28.5. The fraction of sp³-hybridized carbons (Fsp3) is 0.500. The molecule has 1 unspecified atom stereocenters. The monoisotopic (exact) mass is 332 g/mol. The van der Waals surface area contributed by atoms with Crippen LogP contribution in [0.1, 0.15) is 29.6 Å². The molecule has 0 saturated carbocycles. The number of halogens is 3. The molecule has 0 aliphatic carbocycles. The molecule has 1 N–H and O–H groups in total. The minimum Gasteiger partial charge on any atom is -0.480 e. The van der Waals surface area contributed by atoms with E-state index in [0.717, 1.165) is 12.3 Å². The lowest BCUT2D eigenvalue weighted by molar-refractivity contribution is -0.154. The van der Waals surface area contributed by atoms with Gasteiger partial charge in [0.15, 0.2) is 6.61 Å². The summed E-state index contributed by atoms with van der Waals surface area (Å²) >= 11 is 0. The zero-order valence-corrected chi connectivity index (χ0v) is 12.0. The summed E-state index contributed by atoms with van der Waals surface area (Å²) in [5, 5.41) is 9.18. The van der Waals surface area contributed by atoms with Gasteiger partial charge in [-0.2, -0.15) is 13.2 Å². The van der Waals surface area contributed by atoms with Gasteiger partial charge in [-0.3, -0.25) is 4.79 Å². The maximum atomic E-state index is 12.4. The van der Waals surface area contributed by atoms with Crippen LogP contribution in [-0.2, 0) is 4.79 Å². The van der Waals surface area contributed by atoms with Crippen molar-refractivity contribution in [1.82, 2.24) is 9.88 Å². The molecule has 1 atom stereocenters. The number of aliphatic carboxylic acids is 1. The first-order valence-corrected chi connectivity index (χ1v) is 6.97. The quantitative estimate of drug-likeness (QED) is 0.913. The molecule has 1 fully saturated rings. The molecule has 6 nitrogen and oxygen atoms in total. The molecule has 1 aliphatic heterocycles. The van der Waals surface area contributed by atoms with E-state index in [4.69, 9.17) is 0 Å². The first-order valence-electron chi connectivity index (χ1n) is 6.97. The number of carboxylic acids is 1. The van der Waals surface area contributed by atoms with Gasteiger partial charge in [0.05, 0.1) is 0 Å². The van der Waals surface area contributed by atoms with Gasteiger partial charge in [-0.25, -0.2) is 9.78 Å². The molecule has 0 bridgehead atoms. The van der Waals surface area contributed by atoms with E-state index in [1.54, 1.807) is 0 Å². The number of piperidine rings is 1. The SMILES string of the molecule is O=C(O)C1CCCCN1C(=O)c1ccnc(OCC(F)(F)F)c1. The maximum absolute atomic E-state index is 12.4. The predicted molar refractivity (Wildman–Crippen MR) is 72.1 cm³/mol. The summed E-state index contributed by atoms with van der Waals surface area (Å²) in [5.74, 6) is -1.99. The molecular formula is C14H15F3N2O4. The standard InChI is InChI=1S/C14H15F3N2O4/c15-14(16,17)8-23-11-7-9(4-5-18-11)12(20)19-6-2-1-3-10(19)13(21)22/h4-5,7,10H,1-3,6,8H2,(H,21,22). The Kier molecular flexibility index (Phi) is 5.07. The maximum Gasteiger partial charge on any atom is 0.422 e. The van der Waals surface area contributed by atoms with Crippen molar-refractivity contribution >= 4 is 11.9 Å². The van der Waals surface area contributed by atoms with Crippen molar-refractivity contribution in [3.05, 3.63) is 23.9 Å².